The fraction of sp³-hybridized carbons (Fsp3) is 0.538. The van der Waals surface area contributed by atoms with E-state index in [4.69, 9.17) is 39.5 Å². The van der Waals surface area contributed by atoms with Crippen LogP contribution in [0.5, 0.6) is 5.75 Å². The molecule has 1 N–H and O–H groups in total. The molecule has 0 heterocycles. The average Bonchev–Trinajstić information content (AvgIpc) is 2.29. The molecule has 0 aliphatic rings. The molecule has 1 unspecified atom stereocenters. The van der Waals surface area contributed by atoms with Crippen LogP contribution in [0.25, 0.3) is 0 Å². The molecule has 5 heteroatoms. The van der Waals surface area contributed by atoms with Crippen molar-refractivity contribution in [2.75, 3.05) is 13.2 Å². The van der Waals surface area contributed by atoms with Crippen molar-refractivity contribution in [1.82, 2.24) is 5.32 Å². The Morgan fingerprint density at radius 1 is 1.06 bits per heavy atom. The van der Waals surface area contributed by atoms with Gasteiger partial charge in [-0.05, 0) is 6.07 Å². The Bertz CT molecular complexity index is 396. The van der Waals surface area contributed by atoms with Gasteiger partial charge < -0.3 is 10.1 Å². The smallest absolute Gasteiger partial charge is 0.139 e. The van der Waals surface area contributed by atoms with Crippen molar-refractivity contribution >= 4 is 34.8 Å². The maximum absolute atomic E-state index is 6.03. The minimum Gasteiger partial charge on any atom is -0.492 e. The Morgan fingerprint density at radius 3 is 2.28 bits per heavy atom. The summed E-state index contributed by atoms with van der Waals surface area (Å²) in [5, 5.41) is 4.72. The largest absolute Gasteiger partial charge is 0.492 e. The molecule has 1 aromatic carbocycles. The molecule has 0 saturated heterocycles. The van der Waals surface area contributed by atoms with Gasteiger partial charge in [-0.3, -0.25) is 0 Å². The van der Waals surface area contributed by atoms with Gasteiger partial charge in [0.15, 0.2) is 0 Å². The number of halogens is 3. The van der Waals surface area contributed by atoms with Crippen LogP contribution in [0.15, 0.2) is 12.1 Å². The number of benzene rings is 1. The first-order chi connectivity index (χ1) is 8.40. The summed E-state index contributed by atoms with van der Waals surface area (Å²) in [5.74, 6) is 0.959. The molecule has 18 heavy (non-hydrogen) atoms. The fourth-order valence-electron chi connectivity index (χ4n) is 1.34. The fourth-order valence-corrected chi connectivity index (χ4v) is 1.93. The molecule has 2 nitrogen and oxygen atoms in total. The quantitative estimate of drug-likeness (QED) is 0.772. The highest BCUT2D eigenvalue weighted by molar-refractivity contribution is 6.43. The summed E-state index contributed by atoms with van der Waals surface area (Å²) in [6.45, 7) is 7.82. The van der Waals surface area contributed by atoms with E-state index in [2.05, 4.69) is 26.1 Å². The van der Waals surface area contributed by atoms with Crippen molar-refractivity contribution in [3.8, 4) is 5.75 Å². The molecular formula is C13H18Cl3NO. The molecule has 0 amide bonds. The van der Waals surface area contributed by atoms with Crippen LogP contribution in [0.2, 0.25) is 15.1 Å². The van der Waals surface area contributed by atoms with Crippen molar-refractivity contribution in [3.63, 3.8) is 0 Å². The third kappa shape index (κ3) is 5.23. The zero-order valence-electron chi connectivity index (χ0n) is 10.8. The van der Waals surface area contributed by atoms with E-state index < -0.39 is 0 Å². The third-order valence-electron chi connectivity index (χ3n) is 2.37. The molecule has 1 aromatic rings. The predicted octanol–water partition coefficient (Wildman–Crippen LogP) is 4.66. The molecule has 0 aromatic heterocycles. The van der Waals surface area contributed by atoms with Gasteiger partial charge in [-0.1, -0.05) is 55.6 Å². The number of hydrogen-bond acceptors (Lipinski definition) is 2. The maximum atomic E-state index is 6.03. The van der Waals surface area contributed by atoms with Gasteiger partial charge in [-0.25, -0.2) is 0 Å². The van der Waals surface area contributed by atoms with E-state index in [9.17, 15) is 0 Å². The average molecular weight is 311 g/mol. The first-order valence-corrected chi connectivity index (χ1v) is 7.04. The SMILES string of the molecule is CC(CNC(C)C)COc1cc(Cl)c(Cl)cc1Cl. The second-order valence-corrected chi connectivity index (χ2v) is 5.90. The zero-order valence-corrected chi connectivity index (χ0v) is 13.0. The van der Waals surface area contributed by atoms with E-state index in [-0.39, 0.29) is 0 Å². The van der Waals surface area contributed by atoms with Crippen LogP contribution in [-0.2, 0) is 0 Å². The predicted molar refractivity (Wildman–Crippen MR) is 79.3 cm³/mol. The van der Waals surface area contributed by atoms with Crippen molar-refractivity contribution in [2.45, 2.75) is 26.8 Å². The molecule has 0 aliphatic heterocycles. The van der Waals surface area contributed by atoms with E-state index >= 15 is 0 Å². The number of ether oxygens (including phenoxy) is 1. The Kier molecular flexibility index (Phi) is 6.58. The number of rotatable bonds is 6. The highest BCUT2D eigenvalue weighted by Gasteiger charge is 2.09. The molecule has 0 fully saturated rings. The lowest BCUT2D eigenvalue weighted by Crippen LogP contribution is -2.30. The molecule has 0 bridgehead atoms. The van der Waals surface area contributed by atoms with Gasteiger partial charge in [0.25, 0.3) is 0 Å². The van der Waals surface area contributed by atoms with E-state index in [1.807, 2.05) is 0 Å². The second kappa shape index (κ2) is 7.44. The lowest BCUT2D eigenvalue weighted by molar-refractivity contribution is 0.253. The monoisotopic (exact) mass is 309 g/mol. The van der Waals surface area contributed by atoms with Crippen LogP contribution in [0, 0.1) is 5.92 Å². The number of nitrogens with one attached hydrogen (secondary N) is 1. The van der Waals surface area contributed by atoms with E-state index in [0.29, 0.717) is 39.4 Å². The summed E-state index contributed by atoms with van der Waals surface area (Å²) >= 11 is 17.8. The van der Waals surface area contributed by atoms with Crippen LogP contribution in [-0.4, -0.2) is 19.2 Å². The summed E-state index contributed by atoms with van der Waals surface area (Å²) in [6.07, 6.45) is 0. The lowest BCUT2D eigenvalue weighted by Gasteiger charge is -2.16. The second-order valence-electron chi connectivity index (χ2n) is 4.68. The van der Waals surface area contributed by atoms with E-state index in [1.165, 1.54) is 0 Å². The van der Waals surface area contributed by atoms with Crippen LogP contribution in [0.1, 0.15) is 20.8 Å². The van der Waals surface area contributed by atoms with Gasteiger partial charge in [0.1, 0.15) is 5.75 Å². The molecule has 0 radical (unpaired) electrons. The minimum absolute atomic E-state index is 0.387. The highest BCUT2D eigenvalue weighted by Crippen LogP contribution is 2.33. The molecule has 0 aliphatic carbocycles. The van der Waals surface area contributed by atoms with Gasteiger partial charge >= 0.3 is 0 Å². The van der Waals surface area contributed by atoms with Crippen LogP contribution < -0.4 is 10.1 Å². The molecular weight excluding hydrogens is 293 g/mol. The first-order valence-electron chi connectivity index (χ1n) is 5.91. The normalized spacial score (nSPS) is 12.8. The standard InChI is InChI=1S/C13H18Cl3NO/c1-8(2)17-6-9(3)7-18-13-5-11(15)10(14)4-12(13)16/h4-5,8-9,17H,6-7H2,1-3H3. The lowest BCUT2D eigenvalue weighted by atomic mass is 10.2. The summed E-state index contributed by atoms with van der Waals surface area (Å²) in [7, 11) is 0. The molecule has 0 spiro atoms. The molecule has 1 rings (SSSR count). The van der Waals surface area contributed by atoms with Crippen molar-refractivity contribution < 1.29 is 4.74 Å². The molecule has 102 valence electrons. The maximum Gasteiger partial charge on any atom is 0.139 e. The topological polar surface area (TPSA) is 21.3 Å². The van der Waals surface area contributed by atoms with Gasteiger partial charge in [0, 0.05) is 24.6 Å². The zero-order chi connectivity index (χ0) is 13.7. The summed E-state index contributed by atoms with van der Waals surface area (Å²) < 4.78 is 5.65. The first kappa shape index (κ1) is 15.9. The minimum atomic E-state index is 0.387. The summed E-state index contributed by atoms with van der Waals surface area (Å²) in [6, 6.07) is 3.72. The van der Waals surface area contributed by atoms with E-state index in [1.54, 1.807) is 12.1 Å². The van der Waals surface area contributed by atoms with E-state index in [0.717, 1.165) is 6.54 Å². The Balaban J connectivity index is 2.50. The Morgan fingerprint density at radius 2 is 1.67 bits per heavy atom. The van der Waals surface area contributed by atoms with Gasteiger partial charge in [-0.2, -0.15) is 0 Å². The van der Waals surface area contributed by atoms with Crippen LogP contribution in [0.3, 0.4) is 0 Å². The van der Waals surface area contributed by atoms with Crippen molar-refractivity contribution in [2.24, 2.45) is 5.92 Å². The number of hydrogen-bond donors (Lipinski definition) is 1. The van der Waals surface area contributed by atoms with Crippen molar-refractivity contribution in [3.05, 3.63) is 27.2 Å². The highest BCUT2D eigenvalue weighted by atomic mass is 35.5. The Labute approximate surface area is 124 Å². The van der Waals surface area contributed by atoms with Crippen molar-refractivity contribution in [1.29, 1.82) is 0 Å². The molecule has 1 atom stereocenters. The molecule has 0 saturated carbocycles. The third-order valence-corrected chi connectivity index (χ3v) is 3.39. The summed E-state index contributed by atoms with van der Waals surface area (Å²) in [5.41, 5.74) is 0. The summed E-state index contributed by atoms with van der Waals surface area (Å²) in [4.78, 5) is 0. The van der Waals surface area contributed by atoms with Crippen LogP contribution >= 0.6 is 34.8 Å². The van der Waals surface area contributed by atoms with Gasteiger partial charge in [-0.15, -0.1) is 0 Å². The van der Waals surface area contributed by atoms with Gasteiger partial charge in [0.2, 0.25) is 0 Å². The Hall–Kier alpha value is -0.150. The van der Waals surface area contributed by atoms with Crippen LogP contribution in [0.4, 0.5) is 0 Å². The van der Waals surface area contributed by atoms with Gasteiger partial charge in [0.05, 0.1) is 21.7 Å².